The number of hydrazine groups is 1. The highest BCUT2D eigenvalue weighted by Gasteiger charge is 2.21. The molecule has 5 aromatic carbocycles. The number of fused-ring (bicyclic) bond motifs is 1. The third-order valence-corrected chi connectivity index (χ3v) is 7.68. The standard InChI is InChI=1S/C38H33N3/c1-27-10-9-12-32(26-27)29-17-19-30(20-18-29)38(35-14-3-5-15-36(35)40-39)31-21-23-33(24-22-31)41-25-8-7-11-28(2)34-13-4-6-16-37(34)41/h3-26,38,40H,2,39H2,1H3/b11-7-,25-8-. The number of para-hydroxylation sites is 2. The number of rotatable bonds is 6. The highest BCUT2D eigenvalue weighted by molar-refractivity contribution is 5.85. The zero-order valence-electron chi connectivity index (χ0n) is 23.2. The zero-order chi connectivity index (χ0) is 28.2. The Morgan fingerprint density at radius 1 is 0.707 bits per heavy atom. The summed E-state index contributed by atoms with van der Waals surface area (Å²) in [4.78, 5) is 2.22. The summed E-state index contributed by atoms with van der Waals surface area (Å²) in [7, 11) is 0. The molecule has 0 aromatic heterocycles. The average molecular weight is 532 g/mol. The van der Waals surface area contributed by atoms with E-state index in [9.17, 15) is 0 Å². The van der Waals surface area contributed by atoms with Crippen molar-refractivity contribution in [3.63, 3.8) is 0 Å². The van der Waals surface area contributed by atoms with Gasteiger partial charge in [0.05, 0.1) is 11.4 Å². The SMILES string of the molecule is C=C1/C=C\C=C/N(c2ccc(C(c3ccc(-c4cccc(C)c4)cc3)c3ccccc3NN)cc2)c2ccccc21. The first-order valence-electron chi connectivity index (χ1n) is 13.9. The summed E-state index contributed by atoms with van der Waals surface area (Å²) in [6, 6.07) is 43.0. The first-order chi connectivity index (χ1) is 20.1. The minimum absolute atomic E-state index is 0.000678. The first kappa shape index (κ1) is 26.1. The van der Waals surface area contributed by atoms with Crippen molar-refractivity contribution in [2.75, 3.05) is 10.3 Å². The van der Waals surface area contributed by atoms with E-state index in [1.807, 2.05) is 24.3 Å². The quantitative estimate of drug-likeness (QED) is 0.130. The number of anilines is 3. The van der Waals surface area contributed by atoms with E-state index in [2.05, 4.69) is 145 Å². The highest BCUT2D eigenvalue weighted by atomic mass is 15.2. The van der Waals surface area contributed by atoms with Gasteiger partial charge in [0.25, 0.3) is 0 Å². The van der Waals surface area contributed by atoms with Crippen molar-refractivity contribution in [2.24, 2.45) is 5.84 Å². The van der Waals surface area contributed by atoms with Crippen molar-refractivity contribution < 1.29 is 0 Å². The lowest BCUT2D eigenvalue weighted by atomic mass is 9.83. The fourth-order valence-electron chi connectivity index (χ4n) is 5.61. The molecule has 0 spiro atoms. The summed E-state index contributed by atoms with van der Waals surface area (Å²) in [6.45, 7) is 6.40. The molecule has 41 heavy (non-hydrogen) atoms. The van der Waals surface area contributed by atoms with Gasteiger partial charge in [-0.15, -0.1) is 0 Å². The number of allylic oxidation sites excluding steroid dienone is 4. The maximum atomic E-state index is 5.99. The van der Waals surface area contributed by atoms with Crippen molar-refractivity contribution in [3.05, 3.63) is 180 Å². The average Bonchev–Trinajstić information content (AvgIpc) is 3.01. The summed E-state index contributed by atoms with van der Waals surface area (Å²) in [5.74, 6) is 5.99. The minimum atomic E-state index is 0.000678. The van der Waals surface area contributed by atoms with Gasteiger partial charge < -0.3 is 10.3 Å². The number of nitrogens with two attached hydrogens (primary N) is 1. The van der Waals surface area contributed by atoms with Crippen LogP contribution in [0.3, 0.4) is 0 Å². The molecule has 0 radical (unpaired) electrons. The molecule has 1 aliphatic rings. The van der Waals surface area contributed by atoms with Gasteiger partial charge in [-0.25, -0.2) is 0 Å². The Hall–Kier alpha value is -5.12. The van der Waals surface area contributed by atoms with E-state index in [0.29, 0.717) is 0 Å². The zero-order valence-corrected chi connectivity index (χ0v) is 23.2. The van der Waals surface area contributed by atoms with Crippen LogP contribution >= 0.6 is 0 Å². The summed E-state index contributed by atoms with van der Waals surface area (Å²) in [6.07, 6.45) is 8.24. The molecule has 3 nitrogen and oxygen atoms in total. The summed E-state index contributed by atoms with van der Waals surface area (Å²) < 4.78 is 0. The van der Waals surface area contributed by atoms with E-state index in [0.717, 1.165) is 33.8 Å². The van der Waals surface area contributed by atoms with E-state index in [1.54, 1.807) is 0 Å². The maximum Gasteiger partial charge on any atom is 0.0533 e. The van der Waals surface area contributed by atoms with Crippen LogP contribution in [0.25, 0.3) is 16.7 Å². The molecule has 0 amide bonds. The fourth-order valence-corrected chi connectivity index (χ4v) is 5.61. The third kappa shape index (κ3) is 5.36. The number of nitrogen functional groups attached to an aromatic ring is 1. The smallest absolute Gasteiger partial charge is 0.0533 e. The minimum Gasteiger partial charge on any atom is -0.324 e. The molecular weight excluding hydrogens is 498 g/mol. The van der Waals surface area contributed by atoms with Crippen LogP contribution in [0, 0.1) is 6.92 Å². The molecule has 1 aliphatic heterocycles. The molecule has 0 bridgehead atoms. The Bertz CT molecular complexity index is 1740. The number of hydrogen-bond donors (Lipinski definition) is 2. The van der Waals surface area contributed by atoms with Crippen molar-refractivity contribution in [2.45, 2.75) is 12.8 Å². The van der Waals surface area contributed by atoms with Crippen LogP contribution in [-0.2, 0) is 0 Å². The predicted molar refractivity (Wildman–Crippen MR) is 174 cm³/mol. The van der Waals surface area contributed by atoms with Gasteiger partial charge in [0.15, 0.2) is 0 Å². The largest absolute Gasteiger partial charge is 0.324 e. The van der Waals surface area contributed by atoms with Gasteiger partial charge >= 0.3 is 0 Å². The number of nitrogens with one attached hydrogen (secondary N) is 1. The normalized spacial score (nSPS) is 14.9. The van der Waals surface area contributed by atoms with Crippen molar-refractivity contribution in [3.8, 4) is 11.1 Å². The van der Waals surface area contributed by atoms with Crippen molar-refractivity contribution in [1.82, 2.24) is 0 Å². The van der Waals surface area contributed by atoms with Crippen LogP contribution in [0.2, 0.25) is 0 Å². The fraction of sp³-hybridized carbons (Fsp3) is 0.0526. The number of aryl methyl sites for hydroxylation is 1. The monoisotopic (exact) mass is 531 g/mol. The maximum absolute atomic E-state index is 5.99. The molecule has 0 aliphatic carbocycles. The van der Waals surface area contributed by atoms with Crippen LogP contribution in [0.4, 0.5) is 17.1 Å². The molecular formula is C38H33N3. The van der Waals surface area contributed by atoms with Gasteiger partial charge in [-0.3, -0.25) is 5.84 Å². The highest BCUT2D eigenvalue weighted by Crippen LogP contribution is 2.39. The summed E-state index contributed by atoms with van der Waals surface area (Å²) >= 11 is 0. The number of hydrogen-bond acceptors (Lipinski definition) is 3. The van der Waals surface area contributed by atoms with E-state index < -0.39 is 0 Å². The molecule has 1 heterocycles. The Kier molecular flexibility index (Phi) is 7.36. The van der Waals surface area contributed by atoms with E-state index in [-0.39, 0.29) is 5.92 Å². The number of nitrogens with zero attached hydrogens (tertiary/aromatic N) is 1. The topological polar surface area (TPSA) is 41.3 Å². The number of benzene rings is 5. The van der Waals surface area contributed by atoms with Gasteiger partial charge in [-0.05, 0) is 70.7 Å². The molecule has 0 saturated heterocycles. The summed E-state index contributed by atoms with van der Waals surface area (Å²) in [5.41, 5.74) is 15.3. The molecule has 0 saturated carbocycles. The lowest BCUT2D eigenvalue weighted by Gasteiger charge is -2.26. The Morgan fingerprint density at radius 2 is 1.41 bits per heavy atom. The predicted octanol–water partition coefficient (Wildman–Crippen LogP) is 9.36. The van der Waals surface area contributed by atoms with Crippen LogP contribution in [0.15, 0.2) is 152 Å². The van der Waals surface area contributed by atoms with Crippen LogP contribution in [0.1, 0.15) is 33.7 Å². The first-order valence-corrected chi connectivity index (χ1v) is 13.9. The lowest BCUT2D eigenvalue weighted by molar-refractivity contribution is 0.975. The second-order valence-corrected chi connectivity index (χ2v) is 10.4. The van der Waals surface area contributed by atoms with Crippen molar-refractivity contribution >= 4 is 22.6 Å². The second kappa shape index (κ2) is 11.5. The molecule has 3 N–H and O–H groups in total. The molecule has 3 heteroatoms. The molecule has 1 unspecified atom stereocenters. The summed E-state index contributed by atoms with van der Waals surface area (Å²) in [5, 5.41) is 0. The van der Waals surface area contributed by atoms with Gasteiger partial charge in [-0.2, -0.15) is 0 Å². The van der Waals surface area contributed by atoms with E-state index in [1.165, 1.54) is 27.8 Å². The van der Waals surface area contributed by atoms with Crippen LogP contribution in [-0.4, -0.2) is 0 Å². The second-order valence-electron chi connectivity index (χ2n) is 10.4. The van der Waals surface area contributed by atoms with E-state index >= 15 is 0 Å². The van der Waals surface area contributed by atoms with Gasteiger partial charge in [-0.1, -0.05) is 121 Å². The van der Waals surface area contributed by atoms with Crippen LogP contribution < -0.4 is 16.2 Å². The Labute approximate surface area is 242 Å². The Balaban J connectivity index is 1.41. The molecule has 1 atom stereocenters. The third-order valence-electron chi connectivity index (χ3n) is 7.68. The molecule has 6 rings (SSSR count). The Morgan fingerprint density at radius 3 is 2.17 bits per heavy atom. The van der Waals surface area contributed by atoms with E-state index in [4.69, 9.17) is 5.84 Å². The van der Waals surface area contributed by atoms with Gasteiger partial charge in [0.2, 0.25) is 0 Å². The van der Waals surface area contributed by atoms with Crippen molar-refractivity contribution in [1.29, 1.82) is 0 Å². The van der Waals surface area contributed by atoms with Gasteiger partial charge in [0, 0.05) is 23.4 Å². The lowest BCUT2D eigenvalue weighted by Crippen LogP contribution is -2.13. The molecule has 0 fully saturated rings. The van der Waals surface area contributed by atoms with Crippen LogP contribution in [0.5, 0.6) is 0 Å². The molecule has 200 valence electrons. The molecule has 5 aromatic rings. The van der Waals surface area contributed by atoms with Gasteiger partial charge in [0.1, 0.15) is 0 Å².